The first-order valence-electron chi connectivity index (χ1n) is 5.84. The molecule has 0 radical (unpaired) electrons. The maximum absolute atomic E-state index is 12.2. The van der Waals surface area contributed by atoms with Gasteiger partial charge in [-0.05, 0) is 37.3 Å². The molecular formula is C13H12ClN3O3S. The van der Waals surface area contributed by atoms with Gasteiger partial charge in [0.25, 0.3) is 10.0 Å². The number of nitrogens with zero attached hydrogens (tertiary/aromatic N) is 1. The molecule has 0 saturated heterocycles. The molecule has 0 spiro atoms. The zero-order chi connectivity index (χ0) is 15.6. The Labute approximate surface area is 127 Å². The van der Waals surface area contributed by atoms with Gasteiger partial charge in [0, 0.05) is 11.3 Å². The number of hydrogen-bond donors (Lipinski definition) is 2. The van der Waals surface area contributed by atoms with Crippen LogP contribution in [0.1, 0.15) is 17.3 Å². The molecule has 1 aromatic carbocycles. The van der Waals surface area contributed by atoms with E-state index in [1.807, 2.05) is 0 Å². The normalized spacial score (nSPS) is 11.1. The van der Waals surface area contributed by atoms with E-state index in [-0.39, 0.29) is 27.1 Å². The molecule has 3 N–H and O–H groups in total. The van der Waals surface area contributed by atoms with Gasteiger partial charge in [0.1, 0.15) is 5.15 Å². The average Bonchev–Trinajstić information content (AvgIpc) is 2.41. The second-order valence-corrected chi connectivity index (χ2v) is 6.35. The molecule has 0 bridgehead atoms. The molecule has 21 heavy (non-hydrogen) atoms. The van der Waals surface area contributed by atoms with Crippen LogP contribution in [0.2, 0.25) is 5.15 Å². The van der Waals surface area contributed by atoms with Crippen molar-refractivity contribution in [1.29, 1.82) is 0 Å². The highest BCUT2D eigenvalue weighted by molar-refractivity contribution is 7.92. The highest BCUT2D eigenvalue weighted by Crippen LogP contribution is 2.22. The van der Waals surface area contributed by atoms with E-state index in [9.17, 15) is 13.2 Å². The molecule has 1 aromatic heterocycles. The fraction of sp³-hybridized carbons (Fsp3) is 0.0769. The molecule has 1 heterocycles. The summed E-state index contributed by atoms with van der Waals surface area (Å²) in [7, 11) is -3.84. The Bertz CT molecular complexity index is 789. The van der Waals surface area contributed by atoms with Crippen LogP contribution in [0.3, 0.4) is 0 Å². The van der Waals surface area contributed by atoms with Crippen molar-refractivity contribution < 1.29 is 13.2 Å². The Kier molecular flexibility index (Phi) is 4.15. The van der Waals surface area contributed by atoms with E-state index in [2.05, 4.69) is 9.71 Å². The quantitative estimate of drug-likeness (QED) is 0.510. The Morgan fingerprint density at radius 2 is 1.90 bits per heavy atom. The lowest BCUT2D eigenvalue weighted by molar-refractivity contribution is 0.101. The minimum Gasteiger partial charge on any atom is -0.399 e. The number of nitrogens with two attached hydrogens (primary N) is 1. The van der Waals surface area contributed by atoms with Crippen molar-refractivity contribution in [2.24, 2.45) is 0 Å². The van der Waals surface area contributed by atoms with Crippen molar-refractivity contribution in [3.63, 3.8) is 0 Å². The number of aromatic nitrogens is 1. The van der Waals surface area contributed by atoms with E-state index in [0.717, 1.165) is 0 Å². The van der Waals surface area contributed by atoms with Gasteiger partial charge in [-0.2, -0.15) is 0 Å². The number of pyridine rings is 1. The van der Waals surface area contributed by atoms with Crippen LogP contribution in [0.5, 0.6) is 0 Å². The van der Waals surface area contributed by atoms with Crippen LogP contribution >= 0.6 is 11.6 Å². The number of carbonyl (C=O) groups is 1. The largest absolute Gasteiger partial charge is 0.399 e. The predicted octanol–water partition coefficient (Wildman–Crippen LogP) is 2.32. The molecule has 0 aliphatic rings. The average molecular weight is 326 g/mol. The summed E-state index contributed by atoms with van der Waals surface area (Å²) in [5.74, 6) is -0.325. The van der Waals surface area contributed by atoms with Crippen molar-refractivity contribution in [1.82, 2.24) is 4.98 Å². The summed E-state index contributed by atoms with van der Waals surface area (Å²) in [6.07, 6.45) is 1.20. The van der Waals surface area contributed by atoms with E-state index in [4.69, 9.17) is 17.3 Å². The van der Waals surface area contributed by atoms with Gasteiger partial charge in [0.15, 0.2) is 5.78 Å². The molecule has 0 saturated carbocycles. The van der Waals surface area contributed by atoms with E-state index < -0.39 is 10.0 Å². The third kappa shape index (κ3) is 3.50. The van der Waals surface area contributed by atoms with Crippen molar-refractivity contribution in [2.75, 3.05) is 10.5 Å². The standard InChI is InChI=1S/C13H12ClN3O3S/c1-8(18)11-6-13(14)16-7-12(11)17-21(19,20)10-4-2-9(15)3-5-10/h2-7,17H,15H2,1H3. The van der Waals surface area contributed by atoms with Gasteiger partial charge >= 0.3 is 0 Å². The SMILES string of the molecule is CC(=O)c1cc(Cl)ncc1NS(=O)(=O)c1ccc(N)cc1. The van der Waals surface area contributed by atoms with Crippen molar-refractivity contribution in [3.8, 4) is 0 Å². The van der Waals surface area contributed by atoms with Crippen molar-refractivity contribution in [2.45, 2.75) is 11.8 Å². The van der Waals surface area contributed by atoms with Crippen molar-refractivity contribution in [3.05, 3.63) is 47.2 Å². The van der Waals surface area contributed by atoms with E-state index in [0.29, 0.717) is 5.69 Å². The smallest absolute Gasteiger partial charge is 0.261 e. The fourth-order valence-electron chi connectivity index (χ4n) is 1.65. The second kappa shape index (κ2) is 5.71. The fourth-order valence-corrected chi connectivity index (χ4v) is 2.88. The minimum absolute atomic E-state index is 0.0288. The van der Waals surface area contributed by atoms with Crippen LogP contribution in [-0.2, 0) is 10.0 Å². The first kappa shape index (κ1) is 15.3. The maximum atomic E-state index is 12.2. The van der Waals surface area contributed by atoms with Crippen LogP contribution in [0.15, 0.2) is 41.4 Å². The third-order valence-electron chi connectivity index (χ3n) is 2.68. The molecule has 0 atom stereocenters. The van der Waals surface area contributed by atoms with Crippen LogP contribution in [0.4, 0.5) is 11.4 Å². The molecule has 6 nitrogen and oxygen atoms in total. The molecule has 2 rings (SSSR count). The molecule has 110 valence electrons. The number of anilines is 2. The Morgan fingerprint density at radius 3 is 2.48 bits per heavy atom. The lowest BCUT2D eigenvalue weighted by Crippen LogP contribution is -2.15. The lowest BCUT2D eigenvalue weighted by atomic mass is 10.2. The summed E-state index contributed by atoms with van der Waals surface area (Å²) in [5, 5.41) is 0.107. The number of ketones is 1. The molecular weight excluding hydrogens is 314 g/mol. The van der Waals surface area contributed by atoms with Crippen LogP contribution in [-0.4, -0.2) is 19.2 Å². The van der Waals surface area contributed by atoms with Gasteiger partial charge in [0.2, 0.25) is 0 Å². The number of hydrogen-bond acceptors (Lipinski definition) is 5. The van der Waals surface area contributed by atoms with Gasteiger partial charge in [-0.3, -0.25) is 9.52 Å². The number of Topliss-reactive ketones (excluding diaryl/α,β-unsaturated/α-hetero) is 1. The molecule has 0 amide bonds. The molecule has 0 aliphatic heterocycles. The maximum Gasteiger partial charge on any atom is 0.261 e. The lowest BCUT2D eigenvalue weighted by Gasteiger charge is -2.11. The molecule has 8 heteroatoms. The Hall–Kier alpha value is -2.12. The summed E-state index contributed by atoms with van der Waals surface area (Å²) >= 11 is 5.71. The first-order chi connectivity index (χ1) is 9.79. The number of sulfonamides is 1. The molecule has 0 unspecified atom stereocenters. The zero-order valence-electron chi connectivity index (χ0n) is 11.0. The topological polar surface area (TPSA) is 102 Å². The number of nitrogen functional groups attached to an aromatic ring is 1. The number of halogens is 1. The summed E-state index contributed by atoms with van der Waals surface area (Å²) in [6.45, 7) is 1.31. The summed E-state index contributed by atoms with van der Waals surface area (Å²) in [6, 6.07) is 6.99. The highest BCUT2D eigenvalue weighted by atomic mass is 35.5. The minimum atomic E-state index is -3.84. The highest BCUT2D eigenvalue weighted by Gasteiger charge is 2.18. The number of rotatable bonds is 4. The van der Waals surface area contributed by atoms with Gasteiger partial charge in [-0.1, -0.05) is 11.6 Å². The third-order valence-corrected chi connectivity index (χ3v) is 4.27. The number of nitrogens with one attached hydrogen (secondary N) is 1. The molecule has 2 aromatic rings. The Balaban J connectivity index is 2.41. The summed E-state index contributed by atoms with van der Waals surface area (Å²) in [4.78, 5) is 15.4. The van der Waals surface area contributed by atoms with E-state index in [1.54, 1.807) is 0 Å². The zero-order valence-corrected chi connectivity index (χ0v) is 12.6. The summed E-state index contributed by atoms with van der Waals surface area (Å²) < 4.78 is 26.8. The van der Waals surface area contributed by atoms with Crippen LogP contribution in [0, 0.1) is 0 Å². The van der Waals surface area contributed by atoms with E-state index >= 15 is 0 Å². The van der Waals surface area contributed by atoms with Crippen molar-refractivity contribution >= 4 is 38.8 Å². The Morgan fingerprint density at radius 1 is 1.29 bits per heavy atom. The monoisotopic (exact) mass is 325 g/mol. The molecule has 0 fully saturated rings. The van der Waals surface area contributed by atoms with Gasteiger partial charge in [-0.25, -0.2) is 13.4 Å². The van der Waals surface area contributed by atoms with Gasteiger partial charge < -0.3 is 5.73 Å². The van der Waals surface area contributed by atoms with Crippen LogP contribution < -0.4 is 10.5 Å². The van der Waals surface area contributed by atoms with Crippen LogP contribution in [0.25, 0.3) is 0 Å². The molecule has 0 aliphatic carbocycles. The summed E-state index contributed by atoms with van der Waals surface area (Å²) in [5.41, 5.74) is 6.19. The first-order valence-corrected chi connectivity index (χ1v) is 7.70. The number of benzene rings is 1. The van der Waals surface area contributed by atoms with E-state index in [1.165, 1.54) is 43.5 Å². The van der Waals surface area contributed by atoms with Gasteiger partial charge in [-0.15, -0.1) is 0 Å². The predicted molar refractivity (Wildman–Crippen MR) is 80.9 cm³/mol. The second-order valence-electron chi connectivity index (χ2n) is 4.28. The number of carbonyl (C=O) groups excluding carboxylic acids is 1. The van der Waals surface area contributed by atoms with Gasteiger partial charge in [0.05, 0.1) is 16.8 Å².